The molecule has 1 aromatic carbocycles. The molecule has 0 aliphatic heterocycles. The first-order chi connectivity index (χ1) is 12.1. The molecule has 0 fully saturated rings. The van der Waals surface area contributed by atoms with Crippen molar-refractivity contribution in [3.8, 4) is 0 Å². The van der Waals surface area contributed by atoms with Crippen molar-refractivity contribution in [3.05, 3.63) is 58.4 Å². The molecule has 3 aromatic rings. The Hall–Kier alpha value is -3.22. The van der Waals surface area contributed by atoms with E-state index in [2.05, 4.69) is 10.1 Å². The summed E-state index contributed by atoms with van der Waals surface area (Å²) in [5, 5.41) is 13.5. The summed E-state index contributed by atoms with van der Waals surface area (Å²) in [6.45, 7) is 0.300. The molecule has 1 N–H and O–H groups in total. The van der Waals surface area contributed by atoms with E-state index in [0.29, 0.717) is 29.7 Å². The van der Waals surface area contributed by atoms with Crippen molar-refractivity contribution in [1.82, 2.24) is 19.3 Å². The highest BCUT2D eigenvalue weighted by atomic mass is 16.4. The average Bonchev–Trinajstić information content (AvgIpc) is 3.00. The zero-order valence-corrected chi connectivity index (χ0v) is 13.8. The summed E-state index contributed by atoms with van der Waals surface area (Å²) in [7, 11) is 1.83. The van der Waals surface area contributed by atoms with Crippen LogP contribution >= 0.6 is 0 Å². The number of carboxylic acids is 1. The number of hydrogen-bond donors (Lipinski definition) is 1. The summed E-state index contributed by atoms with van der Waals surface area (Å²) in [5.41, 5.74) is 1.33. The van der Waals surface area contributed by atoms with Gasteiger partial charge in [-0.3, -0.25) is 18.8 Å². The van der Waals surface area contributed by atoms with Gasteiger partial charge in [0.2, 0.25) is 0 Å². The SMILES string of the molecule is Cn1nccc1/C=C/c1nc2ccccc2c(=O)n1CCCC(=O)O. The van der Waals surface area contributed by atoms with Crippen LogP contribution in [-0.4, -0.2) is 30.4 Å². The normalized spacial score (nSPS) is 11.4. The van der Waals surface area contributed by atoms with Crippen molar-refractivity contribution >= 4 is 29.0 Å². The molecule has 2 aromatic heterocycles. The Balaban J connectivity index is 2.04. The molecule has 0 amide bonds. The molecule has 3 rings (SSSR count). The predicted molar refractivity (Wildman–Crippen MR) is 95.0 cm³/mol. The van der Waals surface area contributed by atoms with Crippen molar-refractivity contribution in [2.24, 2.45) is 7.05 Å². The molecule has 0 aliphatic rings. The first-order valence-electron chi connectivity index (χ1n) is 7.94. The van der Waals surface area contributed by atoms with Gasteiger partial charge < -0.3 is 5.11 Å². The number of aryl methyl sites for hydroxylation is 1. The van der Waals surface area contributed by atoms with Gasteiger partial charge in [0, 0.05) is 26.2 Å². The Morgan fingerprint density at radius 2 is 2.04 bits per heavy atom. The summed E-state index contributed by atoms with van der Waals surface area (Å²) >= 11 is 0. The smallest absolute Gasteiger partial charge is 0.303 e. The van der Waals surface area contributed by atoms with E-state index in [1.54, 1.807) is 35.2 Å². The number of carboxylic acid groups (broad SMARTS) is 1. The van der Waals surface area contributed by atoms with Crippen LogP contribution in [0.3, 0.4) is 0 Å². The first kappa shape index (κ1) is 16.6. The topological polar surface area (TPSA) is 90.0 Å². The van der Waals surface area contributed by atoms with Crippen molar-refractivity contribution in [2.75, 3.05) is 0 Å². The van der Waals surface area contributed by atoms with Gasteiger partial charge in [0.1, 0.15) is 5.82 Å². The Labute approximate surface area is 143 Å². The number of carbonyl (C=O) groups is 1. The lowest BCUT2D eigenvalue weighted by Crippen LogP contribution is -2.24. The zero-order valence-electron chi connectivity index (χ0n) is 13.8. The van der Waals surface area contributed by atoms with Gasteiger partial charge in [-0.25, -0.2) is 4.98 Å². The van der Waals surface area contributed by atoms with E-state index in [-0.39, 0.29) is 12.0 Å². The van der Waals surface area contributed by atoms with Gasteiger partial charge in [-0.2, -0.15) is 5.10 Å². The molecule has 128 valence electrons. The molecule has 0 spiro atoms. The molecular formula is C18H18N4O3. The summed E-state index contributed by atoms with van der Waals surface area (Å²) in [5.74, 6) is -0.385. The molecule has 2 heterocycles. The van der Waals surface area contributed by atoms with Crippen molar-refractivity contribution in [1.29, 1.82) is 0 Å². The molecule has 7 heteroatoms. The summed E-state index contributed by atoms with van der Waals surface area (Å²) in [6, 6.07) is 8.99. The number of aromatic nitrogens is 4. The third-order valence-corrected chi connectivity index (χ3v) is 3.93. The van der Waals surface area contributed by atoms with Crippen LogP contribution < -0.4 is 5.56 Å². The fourth-order valence-electron chi connectivity index (χ4n) is 2.62. The fourth-order valence-corrected chi connectivity index (χ4v) is 2.62. The van der Waals surface area contributed by atoms with Crippen LogP contribution in [0.25, 0.3) is 23.1 Å². The number of hydrogen-bond acceptors (Lipinski definition) is 4. The molecule has 7 nitrogen and oxygen atoms in total. The van der Waals surface area contributed by atoms with E-state index in [9.17, 15) is 9.59 Å². The number of aliphatic carboxylic acids is 1. The van der Waals surface area contributed by atoms with Crippen LogP contribution in [-0.2, 0) is 18.4 Å². The van der Waals surface area contributed by atoms with Crippen LogP contribution in [0.15, 0.2) is 41.3 Å². The molecule has 25 heavy (non-hydrogen) atoms. The van der Waals surface area contributed by atoms with Crippen LogP contribution in [0.4, 0.5) is 0 Å². The molecule has 0 saturated carbocycles. The molecule has 0 unspecified atom stereocenters. The van der Waals surface area contributed by atoms with Gasteiger partial charge in [-0.15, -0.1) is 0 Å². The third kappa shape index (κ3) is 3.65. The Kier molecular flexibility index (Phi) is 4.74. The van der Waals surface area contributed by atoms with Gasteiger partial charge in [-0.05, 0) is 36.8 Å². The third-order valence-electron chi connectivity index (χ3n) is 3.93. The van der Waals surface area contributed by atoms with Gasteiger partial charge in [0.05, 0.1) is 16.6 Å². The Morgan fingerprint density at radius 3 is 2.76 bits per heavy atom. The van der Waals surface area contributed by atoms with E-state index in [1.807, 2.05) is 25.3 Å². The lowest BCUT2D eigenvalue weighted by Gasteiger charge is -2.10. The zero-order chi connectivity index (χ0) is 17.8. The second kappa shape index (κ2) is 7.12. The second-order valence-corrected chi connectivity index (χ2v) is 5.65. The predicted octanol–water partition coefficient (Wildman–Crippen LogP) is 2.17. The van der Waals surface area contributed by atoms with E-state index in [1.165, 1.54) is 4.57 Å². The van der Waals surface area contributed by atoms with Gasteiger partial charge in [0.25, 0.3) is 5.56 Å². The maximum Gasteiger partial charge on any atom is 0.303 e. The molecule has 0 bridgehead atoms. The molecule has 0 radical (unpaired) electrons. The van der Waals surface area contributed by atoms with Crippen molar-refractivity contribution in [3.63, 3.8) is 0 Å². The van der Waals surface area contributed by atoms with Gasteiger partial charge >= 0.3 is 5.97 Å². The maximum atomic E-state index is 12.8. The number of nitrogens with zero attached hydrogens (tertiary/aromatic N) is 4. The molecule has 0 aliphatic carbocycles. The first-order valence-corrected chi connectivity index (χ1v) is 7.94. The minimum Gasteiger partial charge on any atom is -0.481 e. The molecule has 0 saturated heterocycles. The van der Waals surface area contributed by atoms with Crippen LogP contribution in [0.2, 0.25) is 0 Å². The van der Waals surface area contributed by atoms with E-state index < -0.39 is 5.97 Å². The summed E-state index contributed by atoms with van der Waals surface area (Å²) in [4.78, 5) is 28.1. The van der Waals surface area contributed by atoms with Gasteiger partial charge in [0.15, 0.2) is 0 Å². The number of benzene rings is 1. The minimum atomic E-state index is -0.881. The minimum absolute atomic E-state index is 0.00412. The van der Waals surface area contributed by atoms with E-state index >= 15 is 0 Å². The largest absolute Gasteiger partial charge is 0.481 e. The Bertz CT molecular complexity index is 1000. The average molecular weight is 338 g/mol. The highest BCUT2D eigenvalue weighted by Crippen LogP contribution is 2.11. The summed E-state index contributed by atoms with van der Waals surface area (Å²) in [6.07, 6.45) is 5.64. The van der Waals surface area contributed by atoms with E-state index in [4.69, 9.17) is 5.11 Å². The van der Waals surface area contributed by atoms with Crippen LogP contribution in [0.5, 0.6) is 0 Å². The number of fused-ring (bicyclic) bond motifs is 1. The van der Waals surface area contributed by atoms with Crippen molar-refractivity contribution in [2.45, 2.75) is 19.4 Å². The monoisotopic (exact) mass is 338 g/mol. The second-order valence-electron chi connectivity index (χ2n) is 5.65. The Morgan fingerprint density at radius 1 is 1.24 bits per heavy atom. The van der Waals surface area contributed by atoms with Crippen LogP contribution in [0, 0.1) is 0 Å². The van der Waals surface area contributed by atoms with Crippen LogP contribution in [0.1, 0.15) is 24.4 Å². The highest BCUT2D eigenvalue weighted by Gasteiger charge is 2.09. The highest BCUT2D eigenvalue weighted by molar-refractivity contribution is 5.79. The number of rotatable bonds is 6. The fraction of sp³-hybridized carbons (Fsp3) is 0.222. The maximum absolute atomic E-state index is 12.8. The standard InChI is InChI=1S/C18H18N4O3/c1-21-13(10-11-19-21)8-9-16-20-15-6-3-2-5-14(15)18(25)22(16)12-4-7-17(23)24/h2-3,5-6,8-11H,4,7,12H2,1H3,(H,23,24)/b9-8+. The molecule has 0 atom stereocenters. The summed E-state index contributed by atoms with van der Waals surface area (Å²) < 4.78 is 3.24. The van der Waals surface area contributed by atoms with E-state index in [0.717, 1.165) is 5.69 Å². The molecular weight excluding hydrogens is 320 g/mol. The van der Waals surface area contributed by atoms with Crippen molar-refractivity contribution < 1.29 is 9.90 Å². The lowest BCUT2D eigenvalue weighted by molar-refractivity contribution is -0.137. The quantitative estimate of drug-likeness (QED) is 0.744. The lowest BCUT2D eigenvalue weighted by atomic mass is 10.2. The number of para-hydroxylation sites is 1. The van der Waals surface area contributed by atoms with Gasteiger partial charge in [-0.1, -0.05) is 12.1 Å².